The minimum Gasteiger partial charge on any atom is -0.381 e. The van der Waals surface area contributed by atoms with Crippen LogP contribution in [-0.2, 0) is 4.74 Å². The van der Waals surface area contributed by atoms with E-state index in [1.165, 1.54) is 6.42 Å². The van der Waals surface area contributed by atoms with E-state index < -0.39 is 0 Å². The van der Waals surface area contributed by atoms with E-state index >= 15 is 0 Å². The van der Waals surface area contributed by atoms with Crippen molar-refractivity contribution in [3.63, 3.8) is 0 Å². The molecule has 0 aromatic carbocycles. The fourth-order valence-corrected chi connectivity index (χ4v) is 5.79. The van der Waals surface area contributed by atoms with Crippen molar-refractivity contribution in [2.45, 2.75) is 32.6 Å². The summed E-state index contributed by atoms with van der Waals surface area (Å²) < 4.78 is 5.51. The van der Waals surface area contributed by atoms with E-state index in [0.29, 0.717) is 5.41 Å². The van der Waals surface area contributed by atoms with Crippen molar-refractivity contribution < 1.29 is 9.53 Å². The topological polar surface area (TPSA) is 45.7 Å². The van der Waals surface area contributed by atoms with Gasteiger partial charge >= 0.3 is 0 Å². The summed E-state index contributed by atoms with van der Waals surface area (Å²) in [7, 11) is 0. The van der Waals surface area contributed by atoms with Gasteiger partial charge in [0.2, 0.25) is 0 Å². The molecule has 4 fully saturated rings. The van der Waals surface area contributed by atoms with Gasteiger partial charge in [0.15, 0.2) is 5.13 Å². The number of rotatable bonds is 2. The molecule has 1 aromatic rings. The highest BCUT2D eigenvalue weighted by molar-refractivity contribution is 7.17. The molecule has 5 nitrogen and oxygen atoms in total. The predicted molar refractivity (Wildman–Crippen MR) is 93.7 cm³/mol. The number of likely N-dealkylation sites (tertiary alicyclic amines) is 1. The molecule has 1 spiro atoms. The second-order valence-electron chi connectivity index (χ2n) is 8.16. The first kappa shape index (κ1) is 15.1. The molecule has 2 atom stereocenters. The number of nitrogens with zero attached hydrogens (tertiary/aromatic N) is 3. The van der Waals surface area contributed by atoms with Crippen LogP contribution in [0.5, 0.6) is 0 Å². The van der Waals surface area contributed by atoms with E-state index in [4.69, 9.17) is 9.72 Å². The van der Waals surface area contributed by atoms with Crippen LogP contribution in [0.25, 0.3) is 0 Å². The molecule has 0 N–H and O–H groups in total. The Balaban J connectivity index is 1.31. The zero-order chi connectivity index (χ0) is 16.3. The summed E-state index contributed by atoms with van der Waals surface area (Å²) in [5, 5.41) is 1.06. The van der Waals surface area contributed by atoms with E-state index in [-0.39, 0.29) is 5.91 Å². The number of carbonyl (C=O) groups excluding carboxylic acids is 1. The number of thiazole rings is 1. The molecule has 3 aliphatic heterocycles. The third kappa shape index (κ3) is 2.46. The van der Waals surface area contributed by atoms with Crippen molar-refractivity contribution >= 4 is 22.4 Å². The Kier molecular flexibility index (Phi) is 3.42. The second kappa shape index (κ2) is 5.43. The maximum absolute atomic E-state index is 13.0. The molecule has 2 unspecified atom stereocenters. The molecule has 130 valence electrons. The van der Waals surface area contributed by atoms with Gasteiger partial charge in [0, 0.05) is 39.4 Å². The Morgan fingerprint density at radius 2 is 2.00 bits per heavy atom. The highest BCUT2D eigenvalue weighted by Gasteiger charge is 2.46. The summed E-state index contributed by atoms with van der Waals surface area (Å²) in [4.78, 5) is 23.1. The molecule has 3 saturated heterocycles. The molecule has 24 heavy (non-hydrogen) atoms. The second-order valence-corrected chi connectivity index (χ2v) is 9.14. The molecule has 1 aromatic heterocycles. The van der Waals surface area contributed by atoms with Crippen LogP contribution in [-0.4, -0.2) is 55.2 Å². The van der Waals surface area contributed by atoms with Crippen molar-refractivity contribution in [3.05, 3.63) is 10.6 Å². The molecule has 1 amide bonds. The molecular weight excluding hydrogens is 322 g/mol. The van der Waals surface area contributed by atoms with E-state index in [1.807, 2.05) is 6.92 Å². The van der Waals surface area contributed by atoms with E-state index in [2.05, 4.69) is 9.80 Å². The minimum atomic E-state index is 0.198. The Labute approximate surface area is 147 Å². The summed E-state index contributed by atoms with van der Waals surface area (Å²) in [5.41, 5.74) is 1.22. The maximum atomic E-state index is 13.0. The van der Waals surface area contributed by atoms with Crippen molar-refractivity contribution in [1.29, 1.82) is 0 Å². The van der Waals surface area contributed by atoms with Gasteiger partial charge in [-0.3, -0.25) is 4.79 Å². The van der Waals surface area contributed by atoms with Crippen LogP contribution in [0.1, 0.15) is 41.0 Å². The van der Waals surface area contributed by atoms with Gasteiger partial charge in [-0.2, -0.15) is 0 Å². The van der Waals surface area contributed by atoms with Crippen molar-refractivity contribution in [2.24, 2.45) is 17.3 Å². The summed E-state index contributed by atoms with van der Waals surface area (Å²) in [6.07, 6.45) is 4.72. The van der Waals surface area contributed by atoms with Crippen molar-refractivity contribution in [1.82, 2.24) is 9.88 Å². The zero-order valence-electron chi connectivity index (χ0n) is 14.3. The maximum Gasteiger partial charge on any atom is 0.265 e. The van der Waals surface area contributed by atoms with Crippen LogP contribution in [0.4, 0.5) is 5.13 Å². The Bertz CT molecular complexity index is 657. The number of fused-ring (bicyclic) bond motifs is 1. The zero-order valence-corrected chi connectivity index (χ0v) is 15.1. The molecule has 5 rings (SSSR count). The highest BCUT2D eigenvalue weighted by atomic mass is 32.1. The number of hydrogen-bond donors (Lipinski definition) is 0. The number of piperidine rings is 1. The lowest BCUT2D eigenvalue weighted by Gasteiger charge is -2.33. The fraction of sp³-hybridized carbons (Fsp3) is 0.778. The van der Waals surface area contributed by atoms with Crippen LogP contribution in [0, 0.1) is 24.2 Å². The summed E-state index contributed by atoms with van der Waals surface area (Å²) in [6, 6.07) is 0. The standard InChI is InChI=1S/C18H25N3O2S/c1-12-15(24-17(19-12)21-9-13-8-14(13)10-21)16(22)20-5-2-18(11-20)3-6-23-7-4-18/h13-14H,2-11H2,1H3. The summed E-state index contributed by atoms with van der Waals surface area (Å²) in [6.45, 7) is 7.75. The first-order valence-electron chi connectivity index (χ1n) is 9.23. The first-order chi connectivity index (χ1) is 11.6. The number of amides is 1. The van der Waals surface area contributed by atoms with Crippen molar-refractivity contribution in [2.75, 3.05) is 44.3 Å². The van der Waals surface area contributed by atoms with Gasteiger partial charge < -0.3 is 14.5 Å². The van der Waals surface area contributed by atoms with Gasteiger partial charge in [-0.05, 0) is 49.9 Å². The number of aryl methyl sites for hydroxylation is 1. The summed E-state index contributed by atoms with van der Waals surface area (Å²) >= 11 is 1.61. The van der Waals surface area contributed by atoms with Crippen LogP contribution in [0.2, 0.25) is 0 Å². The Morgan fingerprint density at radius 3 is 2.75 bits per heavy atom. The molecule has 1 aliphatic carbocycles. The quantitative estimate of drug-likeness (QED) is 0.825. The number of hydrogen-bond acceptors (Lipinski definition) is 5. The van der Waals surface area contributed by atoms with Crippen LogP contribution < -0.4 is 4.90 Å². The van der Waals surface area contributed by atoms with Crippen LogP contribution >= 0.6 is 11.3 Å². The monoisotopic (exact) mass is 347 g/mol. The molecular formula is C18H25N3O2S. The average Bonchev–Trinajstić information content (AvgIpc) is 2.96. The molecule has 4 aliphatic rings. The number of carbonyl (C=O) groups is 1. The molecule has 1 saturated carbocycles. The molecule has 4 heterocycles. The fourth-order valence-electron chi connectivity index (χ4n) is 4.73. The molecule has 0 bridgehead atoms. The lowest BCUT2D eigenvalue weighted by Crippen LogP contribution is -2.35. The lowest BCUT2D eigenvalue weighted by atomic mass is 9.80. The first-order valence-corrected chi connectivity index (χ1v) is 10.0. The molecule has 0 radical (unpaired) electrons. The van der Waals surface area contributed by atoms with Gasteiger partial charge in [-0.15, -0.1) is 0 Å². The Morgan fingerprint density at radius 1 is 1.25 bits per heavy atom. The highest BCUT2D eigenvalue weighted by Crippen LogP contribution is 2.47. The van der Waals surface area contributed by atoms with Crippen LogP contribution in [0.3, 0.4) is 0 Å². The van der Waals surface area contributed by atoms with Crippen molar-refractivity contribution in [3.8, 4) is 0 Å². The van der Waals surface area contributed by atoms with E-state index in [1.54, 1.807) is 11.3 Å². The largest absolute Gasteiger partial charge is 0.381 e. The minimum absolute atomic E-state index is 0.198. The van der Waals surface area contributed by atoms with Gasteiger partial charge in [0.25, 0.3) is 5.91 Å². The van der Waals surface area contributed by atoms with Gasteiger partial charge in [0.05, 0.1) is 5.69 Å². The Hall–Kier alpha value is -1.14. The number of anilines is 1. The predicted octanol–water partition coefficient (Wildman–Crippen LogP) is 2.55. The average molecular weight is 347 g/mol. The van der Waals surface area contributed by atoms with Gasteiger partial charge in [0.1, 0.15) is 4.88 Å². The van der Waals surface area contributed by atoms with Gasteiger partial charge in [-0.25, -0.2) is 4.98 Å². The third-order valence-electron chi connectivity index (χ3n) is 6.51. The smallest absolute Gasteiger partial charge is 0.265 e. The van der Waals surface area contributed by atoms with E-state index in [0.717, 1.165) is 86.2 Å². The van der Waals surface area contributed by atoms with Crippen LogP contribution in [0.15, 0.2) is 0 Å². The number of ether oxygens (including phenoxy) is 1. The third-order valence-corrected chi connectivity index (χ3v) is 7.71. The molecule has 6 heteroatoms. The SMILES string of the molecule is Cc1nc(N2CC3CC3C2)sc1C(=O)N1CCC2(CCOCC2)C1. The summed E-state index contributed by atoms with van der Waals surface area (Å²) in [5.74, 6) is 1.98. The van der Waals surface area contributed by atoms with E-state index in [9.17, 15) is 4.79 Å². The normalized spacial score (nSPS) is 30.9. The lowest BCUT2D eigenvalue weighted by molar-refractivity contribution is 0.0191. The van der Waals surface area contributed by atoms with Gasteiger partial charge in [-0.1, -0.05) is 11.3 Å². The number of aromatic nitrogens is 1.